The molecule has 22 heavy (non-hydrogen) atoms. The van der Waals surface area contributed by atoms with Crippen LogP contribution >= 0.6 is 11.6 Å². The van der Waals surface area contributed by atoms with E-state index in [0.717, 1.165) is 0 Å². The normalized spacial score (nSPS) is 24.8. The van der Waals surface area contributed by atoms with Crippen LogP contribution in [-0.4, -0.2) is 57.6 Å². The fourth-order valence-corrected chi connectivity index (χ4v) is 3.20. The predicted octanol–water partition coefficient (Wildman–Crippen LogP) is -0.589. The first-order valence-corrected chi connectivity index (χ1v) is 8.23. The quantitative estimate of drug-likeness (QED) is 0.651. The molecule has 0 aromatic heterocycles. The zero-order valence-electron chi connectivity index (χ0n) is 13.2. The van der Waals surface area contributed by atoms with E-state index < -0.39 is 11.9 Å². The smallest absolute Gasteiger partial charge is 0.138 e. The van der Waals surface area contributed by atoms with E-state index in [1.54, 1.807) is 4.90 Å². The van der Waals surface area contributed by atoms with Crippen LogP contribution in [0.5, 0.6) is 5.75 Å². The molecule has 1 aromatic carbocycles. The number of aliphatic hydroxyl groups excluding tert-OH is 1. The van der Waals surface area contributed by atoms with Gasteiger partial charge in [0.15, 0.2) is 0 Å². The van der Waals surface area contributed by atoms with E-state index in [-0.39, 0.29) is 11.6 Å². The van der Waals surface area contributed by atoms with Gasteiger partial charge in [0.05, 0.1) is 38.2 Å². The van der Waals surface area contributed by atoms with Crippen molar-refractivity contribution < 1.29 is 24.0 Å². The molecule has 1 unspecified atom stereocenters. The number of halogens is 2. The molecule has 0 spiro atoms. The van der Waals surface area contributed by atoms with Crippen molar-refractivity contribution in [1.82, 2.24) is 0 Å². The molecule has 0 aliphatic carbocycles. The van der Waals surface area contributed by atoms with Gasteiger partial charge in [-0.05, 0) is 18.2 Å². The average Bonchev–Trinajstić information content (AvgIpc) is 2.47. The van der Waals surface area contributed by atoms with Gasteiger partial charge in [-0.2, -0.15) is 0 Å². The second kappa shape index (κ2) is 8.11. The van der Waals surface area contributed by atoms with Crippen molar-refractivity contribution in [2.24, 2.45) is 0 Å². The number of likely N-dealkylation sites (tertiary alicyclic amines) is 1. The molecule has 0 radical (unpaired) electrons. The van der Waals surface area contributed by atoms with Crippen molar-refractivity contribution in [3.8, 4) is 5.75 Å². The minimum atomic E-state index is -0.562. The number of hydrogen-bond acceptors (Lipinski definition) is 2. The van der Waals surface area contributed by atoms with Crippen molar-refractivity contribution in [3.63, 3.8) is 0 Å². The number of nitrogens with one attached hydrogen (secondary N) is 2. The molecule has 1 saturated heterocycles. The van der Waals surface area contributed by atoms with Gasteiger partial charge in [-0.15, -0.1) is 0 Å². The van der Waals surface area contributed by atoms with Gasteiger partial charge in [0.1, 0.15) is 30.8 Å². The summed E-state index contributed by atoms with van der Waals surface area (Å²) in [5.41, 5.74) is 0. The first-order valence-electron chi connectivity index (χ1n) is 7.85. The standard InChI is InChI=1S/C16H24ClFN2O2/c1-19-7-5-13(6-8-19)20(2)10-14(21)11-22-16-4-3-12(18)9-15(16)17/h3-4,9,13-14,21H,5-8,10-11H2,1-2H3/p+2/t14-/m0/s1. The van der Waals surface area contributed by atoms with Crippen LogP contribution < -0.4 is 14.5 Å². The average molecular weight is 333 g/mol. The number of piperidine rings is 1. The Kier molecular flexibility index (Phi) is 6.44. The molecule has 0 saturated carbocycles. The van der Waals surface area contributed by atoms with Gasteiger partial charge in [0.2, 0.25) is 0 Å². The third-order valence-corrected chi connectivity index (χ3v) is 4.71. The number of likely N-dealkylation sites (N-methyl/N-ethyl adjacent to an activating group) is 1. The van der Waals surface area contributed by atoms with Crippen LogP contribution in [0.25, 0.3) is 0 Å². The van der Waals surface area contributed by atoms with Crippen LogP contribution in [0.2, 0.25) is 5.02 Å². The summed E-state index contributed by atoms with van der Waals surface area (Å²) < 4.78 is 18.5. The maximum atomic E-state index is 13.0. The lowest BCUT2D eigenvalue weighted by molar-refractivity contribution is -0.941. The molecule has 0 amide bonds. The van der Waals surface area contributed by atoms with Gasteiger partial charge in [0.25, 0.3) is 0 Å². The van der Waals surface area contributed by atoms with Crippen LogP contribution in [0, 0.1) is 5.82 Å². The van der Waals surface area contributed by atoms with Crippen LogP contribution in [0.4, 0.5) is 4.39 Å². The molecule has 4 nitrogen and oxygen atoms in total. The molecule has 3 N–H and O–H groups in total. The summed E-state index contributed by atoms with van der Waals surface area (Å²) in [6, 6.07) is 4.60. The van der Waals surface area contributed by atoms with Crippen LogP contribution in [0.1, 0.15) is 12.8 Å². The summed E-state index contributed by atoms with van der Waals surface area (Å²) in [4.78, 5) is 2.92. The summed E-state index contributed by atoms with van der Waals surface area (Å²) in [6.45, 7) is 3.20. The first-order chi connectivity index (χ1) is 10.5. The molecule has 1 heterocycles. The van der Waals surface area contributed by atoms with E-state index in [0.29, 0.717) is 18.3 Å². The monoisotopic (exact) mass is 332 g/mol. The Bertz CT molecular complexity index is 481. The summed E-state index contributed by atoms with van der Waals surface area (Å²) >= 11 is 5.90. The highest BCUT2D eigenvalue weighted by atomic mass is 35.5. The summed E-state index contributed by atoms with van der Waals surface area (Å²) in [7, 11) is 4.35. The third kappa shape index (κ3) is 5.09. The molecule has 0 bridgehead atoms. The van der Waals surface area contributed by atoms with Gasteiger partial charge in [0, 0.05) is 12.8 Å². The molecule has 1 aliphatic heterocycles. The lowest BCUT2D eigenvalue weighted by Crippen LogP contribution is -3.18. The topological polar surface area (TPSA) is 38.3 Å². The highest BCUT2D eigenvalue weighted by Crippen LogP contribution is 2.24. The summed E-state index contributed by atoms with van der Waals surface area (Å²) in [6.07, 6.45) is 1.82. The van der Waals surface area contributed by atoms with Crippen LogP contribution in [0.3, 0.4) is 0 Å². The Morgan fingerprint density at radius 3 is 2.77 bits per heavy atom. The van der Waals surface area contributed by atoms with Crippen molar-refractivity contribution in [2.75, 3.05) is 40.3 Å². The van der Waals surface area contributed by atoms with Gasteiger partial charge >= 0.3 is 0 Å². The number of quaternary nitrogens is 2. The van der Waals surface area contributed by atoms with E-state index in [2.05, 4.69) is 14.1 Å². The van der Waals surface area contributed by atoms with E-state index >= 15 is 0 Å². The minimum absolute atomic E-state index is 0.167. The van der Waals surface area contributed by atoms with Gasteiger partial charge < -0.3 is 19.6 Å². The number of aliphatic hydroxyl groups is 1. The molecule has 124 valence electrons. The molecule has 2 atom stereocenters. The Balaban J connectivity index is 1.76. The van der Waals surface area contributed by atoms with E-state index in [4.69, 9.17) is 16.3 Å². The highest BCUT2D eigenvalue weighted by molar-refractivity contribution is 6.32. The van der Waals surface area contributed by atoms with Gasteiger partial charge in [-0.1, -0.05) is 11.6 Å². The second-order valence-electron chi connectivity index (χ2n) is 6.32. The molecule has 6 heteroatoms. The minimum Gasteiger partial charge on any atom is -0.489 e. The lowest BCUT2D eigenvalue weighted by atomic mass is 10.0. The molecule has 2 rings (SSSR count). The Hall–Kier alpha value is -0.880. The van der Waals surface area contributed by atoms with Crippen molar-refractivity contribution >= 4 is 11.6 Å². The molecule has 1 aliphatic rings. The number of hydrogen-bond donors (Lipinski definition) is 3. The maximum Gasteiger partial charge on any atom is 0.138 e. The van der Waals surface area contributed by atoms with Crippen molar-refractivity contribution in [3.05, 3.63) is 29.0 Å². The fourth-order valence-electron chi connectivity index (χ4n) is 2.98. The molecule has 1 fully saturated rings. The van der Waals surface area contributed by atoms with E-state index in [9.17, 15) is 9.50 Å². The van der Waals surface area contributed by atoms with Crippen molar-refractivity contribution in [1.29, 1.82) is 0 Å². The zero-order valence-corrected chi connectivity index (χ0v) is 14.0. The zero-order chi connectivity index (χ0) is 16.1. The molecule has 1 aromatic rings. The Morgan fingerprint density at radius 2 is 2.14 bits per heavy atom. The number of rotatable bonds is 6. The van der Waals surface area contributed by atoms with E-state index in [1.807, 2.05) is 0 Å². The SMILES string of the molecule is C[NH+]1CCC([NH+](C)C[C@H](O)COc2ccc(F)cc2Cl)CC1. The Morgan fingerprint density at radius 1 is 1.45 bits per heavy atom. The Labute approximate surface area is 136 Å². The summed E-state index contributed by atoms with van der Waals surface area (Å²) in [5.74, 6) is 0.00846. The third-order valence-electron chi connectivity index (χ3n) is 4.42. The lowest BCUT2D eigenvalue weighted by Gasteiger charge is -2.31. The summed E-state index contributed by atoms with van der Waals surface area (Å²) in [5, 5.41) is 10.4. The fraction of sp³-hybridized carbons (Fsp3) is 0.625. The van der Waals surface area contributed by atoms with E-state index in [1.165, 1.54) is 49.0 Å². The van der Waals surface area contributed by atoms with Crippen molar-refractivity contribution in [2.45, 2.75) is 25.0 Å². The number of benzene rings is 1. The van der Waals surface area contributed by atoms with Gasteiger partial charge in [-0.25, -0.2) is 4.39 Å². The maximum absolute atomic E-state index is 13.0. The van der Waals surface area contributed by atoms with Gasteiger partial charge in [-0.3, -0.25) is 0 Å². The largest absolute Gasteiger partial charge is 0.489 e. The first kappa shape index (κ1) is 17.5. The molecular formula is C16H26ClFN2O2+2. The van der Waals surface area contributed by atoms with Crippen LogP contribution in [-0.2, 0) is 0 Å². The van der Waals surface area contributed by atoms with Crippen LogP contribution in [0.15, 0.2) is 18.2 Å². The second-order valence-corrected chi connectivity index (χ2v) is 6.73. The predicted molar refractivity (Wildman–Crippen MR) is 84.3 cm³/mol. The number of ether oxygens (including phenoxy) is 1. The molecular weight excluding hydrogens is 307 g/mol. The highest BCUT2D eigenvalue weighted by Gasteiger charge is 2.27.